The van der Waals surface area contributed by atoms with E-state index in [-0.39, 0.29) is 6.10 Å². The number of aromatic nitrogens is 4. The van der Waals surface area contributed by atoms with Crippen LogP contribution in [0, 0.1) is 6.92 Å². The van der Waals surface area contributed by atoms with E-state index in [2.05, 4.69) is 15.5 Å². The summed E-state index contributed by atoms with van der Waals surface area (Å²) in [5.41, 5.74) is 8.57. The fourth-order valence-electron chi connectivity index (χ4n) is 1.96. The minimum absolute atomic E-state index is 0.117. The molecule has 7 heteroatoms. The highest BCUT2D eigenvalue weighted by Gasteiger charge is 2.16. The summed E-state index contributed by atoms with van der Waals surface area (Å²) in [5.74, 6) is 0.629. The van der Waals surface area contributed by atoms with Crippen LogP contribution < -0.4 is 5.73 Å². The van der Waals surface area contributed by atoms with Gasteiger partial charge < -0.3 is 15.2 Å². The Labute approximate surface area is 117 Å². The van der Waals surface area contributed by atoms with Gasteiger partial charge in [-0.05, 0) is 29.5 Å². The number of hydrogen-bond donors (Lipinski definition) is 1. The van der Waals surface area contributed by atoms with Crippen LogP contribution in [-0.2, 0) is 16.0 Å². The van der Waals surface area contributed by atoms with Gasteiger partial charge >= 0.3 is 0 Å². The summed E-state index contributed by atoms with van der Waals surface area (Å²) in [6.07, 6.45) is -0.117. The maximum atomic E-state index is 6.01. The van der Waals surface area contributed by atoms with Crippen molar-refractivity contribution >= 4 is 5.69 Å². The van der Waals surface area contributed by atoms with Gasteiger partial charge in [-0.1, -0.05) is 11.6 Å². The zero-order valence-electron chi connectivity index (χ0n) is 11.9. The largest absolute Gasteiger partial charge is 0.398 e. The third-order valence-electron chi connectivity index (χ3n) is 3.04. The number of rotatable bonds is 6. The maximum Gasteiger partial charge on any atom is 0.184 e. The van der Waals surface area contributed by atoms with Crippen LogP contribution in [0.25, 0.3) is 11.4 Å². The molecule has 1 aromatic carbocycles. The Hall–Kier alpha value is -1.99. The first-order chi connectivity index (χ1) is 9.65. The van der Waals surface area contributed by atoms with Gasteiger partial charge in [-0.3, -0.25) is 0 Å². The monoisotopic (exact) mass is 277 g/mol. The van der Waals surface area contributed by atoms with Gasteiger partial charge in [0.25, 0.3) is 0 Å². The average Bonchev–Trinajstić information content (AvgIpc) is 2.89. The lowest BCUT2D eigenvalue weighted by molar-refractivity contribution is 0.0163. The van der Waals surface area contributed by atoms with Crippen LogP contribution in [0.15, 0.2) is 18.2 Å². The Kier molecular flexibility index (Phi) is 4.65. The van der Waals surface area contributed by atoms with Gasteiger partial charge in [0.05, 0.1) is 13.2 Å². The number of ether oxygens (including phenoxy) is 2. The van der Waals surface area contributed by atoms with E-state index in [1.165, 1.54) is 0 Å². The van der Waals surface area contributed by atoms with Crippen molar-refractivity contribution in [1.82, 2.24) is 20.2 Å². The summed E-state index contributed by atoms with van der Waals surface area (Å²) >= 11 is 0. The quantitative estimate of drug-likeness (QED) is 0.789. The molecule has 1 atom stereocenters. The molecule has 0 spiro atoms. The number of methoxy groups -OCH3 is 2. The SMILES string of the molecule is COCC(Cn1nnnc1-c1cc(C)ccc1N)OC. The second-order valence-electron chi connectivity index (χ2n) is 4.59. The van der Waals surface area contributed by atoms with Crippen molar-refractivity contribution in [3.8, 4) is 11.4 Å². The van der Waals surface area contributed by atoms with Crippen LogP contribution in [0.2, 0.25) is 0 Å². The van der Waals surface area contributed by atoms with Crippen LogP contribution in [0.5, 0.6) is 0 Å². The Bertz CT molecular complexity index is 570. The van der Waals surface area contributed by atoms with E-state index in [9.17, 15) is 0 Å². The molecule has 1 aromatic heterocycles. The molecular weight excluding hydrogens is 258 g/mol. The van der Waals surface area contributed by atoms with Crippen molar-refractivity contribution in [2.24, 2.45) is 0 Å². The number of nitrogen functional groups attached to an aromatic ring is 1. The molecule has 0 bridgehead atoms. The first-order valence-electron chi connectivity index (χ1n) is 6.30. The van der Waals surface area contributed by atoms with Crippen molar-refractivity contribution in [2.45, 2.75) is 19.6 Å². The molecule has 0 aliphatic rings. The molecule has 0 fully saturated rings. The zero-order chi connectivity index (χ0) is 14.5. The molecule has 0 aliphatic heterocycles. The molecule has 2 aromatic rings. The fourth-order valence-corrected chi connectivity index (χ4v) is 1.96. The smallest absolute Gasteiger partial charge is 0.184 e. The van der Waals surface area contributed by atoms with E-state index < -0.39 is 0 Å². The van der Waals surface area contributed by atoms with Crippen LogP contribution >= 0.6 is 0 Å². The highest BCUT2D eigenvalue weighted by atomic mass is 16.5. The highest BCUT2D eigenvalue weighted by Crippen LogP contribution is 2.24. The number of anilines is 1. The Morgan fingerprint density at radius 1 is 1.35 bits per heavy atom. The Balaban J connectivity index is 2.30. The molecule has 108 valence electrons. The number of tetrazole rings is 1. The van der Waals surface area contributed by atoms with Crippen LogP contribution in [0.3, 0.4) is 0 Å². The molecule has 2 rings (SSSR count). The minimum Gasteiger partial charge on any atom is -0.398 e. The molecule has 0 aliphatic carbocycles. The molecule has 0 radical (unpaired) electrons. The van der Waals surface area contributed by atoms with E-state index in [1.807, 2.05) is 25.1 Å². The fraction of sp³-hybridized carbons (Fsp3) is 0.462. The lowest BCUT2D eigenvalue weighted by Gasteiger charge is -2.15. The van der Waals surface area contributed by atoms with E-state index in [0.717, 1.165) is 11.1 Å². The number of nitrogens with two attached hydrogens (primary N) is 1. The summed E-state index contributed by atoms with van der Waals surface area (Å²) in [7, 11) is 3.26. The lowest BCUT2D eigenvalue weighted by atomic mass is 10.1. The lowest BCUT2D eigenvalue weighted by Crippen LogP contribution is -2.25. The minimum atomic E-state index is -0.117. The topological polar surface area (TPSA) is 88.1 Å². The molecule has 0 amide bonds. The standard InChI is InChI=1S/C13H19N5O2/c1-9-4-5-12(14)11(6-9)13-15-16-17-18(13)7-10(20-3)8-19-2/h4-6,10H,7-8,14H2,1-3H3. The first kappa shape index (κ1) is 14.4. The normalized spacial score (nSPS) is 12.6. The van der Waals surface area contributed by atoms with Crippen molar-refractivity contribution in [2.75, 3.05) is 26.6 Å². The first-order valence-corrected chi connectivity index (χ1v) is 6.30. The molecule has 0 saturated carbocycles. The van der Waals surface area contributed by atoms with Crippen molar-refractivity contribution < 1.29 is 9.47 Å². The molecule has 20 heavy (non-hydrogen) atoms. The number of hydrogen-bond acceptors (Lipinski definition) is 6. The number of benzene rings is 1. The molecule has 1 unspecified atom stereocenters. The summed E-state index contributed by atoms with van der Waals surface area (Å²) in [4.78, 5) is 0. The van der Waals surface area contributed by atoms with Gasteiger partial charge in [0.2, 0.25) is 0 Å². The van der Waals surface area contributed by atoms with E-state index >= 15 is 0 Å². The van der Waals surface area contributed by atoms with Crippen molar-refractivity contribution in [1.29, 1.82) is 0 Å². The van der Waals surface area contributed by atoms with Gasteiger partial charge in [-0.25, -0.2) is 4.68 Å². The van der Waals surface area contributed by atoms with Crippen LogP contribution in [-0.4, -0.2) is 47.1 Å². The Morgan fingerprint density at radius 3 is 2.85 bits per heavy atom. The molecule has 1 heterocycles. The van der Waals surface area contributed by atoms with Crippen molar-refractivity contribution in [3.63, 3.8) is 0 Å². The summed E-state index contributed by atoms with van der Waals surface area (Å²) in [5, 5.41) is 11.8. The van der Waals surface area contributed by atoms with Gasteiger partial charge in [-0.15, -0.1) is 5.10 Å². The van der Waals surface area contributed by atoms with E-state index in [1.54, 1.807) is 18.9 Å². The average molecular weight is 277 g/mol. The van der Waals surface area contributed by atoms with Gasteiger partial charge in [0.15, 0.2) is 5.82 Å². The summed E-state index contributed by atoms with van der Waals surface area (Å²) in [6.45, 7) is 2.97. The molecule has 0 saturated heterocycles. The Morgan fingerprint density at radius 2 is 2.15 bits per heavy atom. The zero-order valence-corrected chi connectivity index (χ0v) is 11.9. The summed E-state index contributed by atoms with van der Waals surface area (Å²) < 4.78 is 12.1. The number of nitrogens with zero attached hydrogens (tertiary/aromatic N) is 4. The highest BCUT2D eigenvalue weighted by molar-refractivity contribution is 5.72. The second-order valence-corrected chi connectivity index (χ2v) is 4.59. The third-order valence-corrected chi connectivity index (χ3v) is 3.04. The van der Waals surface area contributed by atoms with Gasteiger partial charge in [0, 0.05) is 25.5 Å². The third kappa shape index (κ3) is 3.12. The second kappa shape index (κ2) is 6.44. The molecule has 2 N–H and O–H groups in total. The number of aryl methyl sites for hydroxylation is 1. The van der Waals surface area contributed by atoms with E-state index in [4.69, 9.17) is 15.2 Å². The van der Waals surface area contributed by atoms with Gasteiger partial charge in [0.1, 0.15) is 6.10 Å². The summed E-state index contributed by atoms with van der Waals surface area (Å²) in [6, 6.07) is 5.78. The van der Waals surface area contributed by atoms with Crippen molar-refractivity contribution in [3.05, 3.63) is 23.8 Å². The molecule has 7 nitrogen and oxygen atoms in total. The maximum absolute atomic E-state index is 6.01. The predicted octanol–water partition coefficient (Wildman–Crippen LogP) is 0.892. The van der Waals surface area contributed by atoms with E-state index in [0.29, 0.717) is 24.7 Å². The molecular formula is C13H19N5O2. The van der Waals surface area contributed by atoms with Crippen LogP contribution in [0.4, 0.5) is 5.69 Å². The van der Waals surface area contributed by atoms with Crippen LogP contribution in [0.1, 0.15) is 5.56 Å². The predicted molar refractivity (Wildman–Crippen MR) is 75.1 cm³/mol. The van der Waals surface area contributed by atoms with Gasteiger partial charge in [-0.2, -0.15) is 0 Å².